The molecule has 0 aliphatic carbocycles. The molecule has 8 heteroatoms. The summed E-state index contributed by atoms with van der Waals surface area (Å²) in [5.41, 5.74) is 1.99. The van der Waals surface area contributed by atoms with Crippen molar-refractivity contribution in [1.82, 2.24) is 10.6 Å². The zero-order valence-electron chi connectivity index (χ0n) is 15.5. The Kier molecular flexibility index (Phi) is 7.44. The van der Waals surface area contributed by atoms with E-state index in [1.54, 1.807) is 0 Å². The fraction of sp³-hybridized carbons (Fsp3) is 0.556. The van der Waals surface area contributed by atoms with Gasteiger partial charge in [0.15, 0.2) is 5.96 Å². The smallest absolute Gasteiger partial charge is 0.227 e. The van der Waals surface area contributed by atoms with E-state index < -0.39 is 9.84 Å². The molecule has 1 aromatic rings. The lowest BCUT2D eigenvalue weighted by atomic mass is 10.2. The molecule has 1 saturated heterocycles. The van der Waals surface area contributed by atoms with Crippen molar-refractivity contribution in [2.45, 2.75) is 32.7 Å². The Morgan fingerprint density at radius 3 is 2.54 bits per heavy atom. The van der Waals surface area contributed by atoms with E-state index in [0.29, 0.717) is 31.9 Å². The van der Waals surface area contributed by atoms with Crippen LogP contribution in [0.3, 0.4) is 0 Å². The molecule has 7 nitrogen and oxygen atoms in total. The SMILES string of the molecule is CCNC(=NCc1ccc(N2CCCC2=O)cc1)NCCCS(C)(=O)=O. The molecule has 0 radical (unpaired) electrons. The monoisotopic (exact) mass is 380 g/mol. The number of aliphatic imine (C=N–C) groups is 1. The second kappa shape index (κ2) is 9.56. The third-order valence-corrected chi connectivity index (χ3v) is 5.10. The van der Waals surface area contributed by atoms with Crippen LogP contribution in [0.15, 0.2) is 29.3 Å². The molecule has 2 N–H and O–H groups in total. The van der Waals surface area contributed by atoms with Crippen LogP contribution >= 0.6 is 0 Å². The summed E-state index contributed by atoms with van der Waals surface area (Å²) in [6.07, 6.45) is 3.33. The quantitative estimate of drug-likeness (QED) is 0.403. The molecule has 1 amide bonds. The molecular weight excluding hydrogens is 352 g/mol. The summed E-state index contributed by atoms with van der Waals surface area (Å²) in [7, 11) is -2.93. The standard InChI is InChI=1S/C18H28N4O3S/c1-3-19-18(20-11-5-13-26(2,24)25)21-14-15-7-9-16(10-8-15)22-12-4-6-17(22)23/h7-10H,3-6,11-14H2,1-2H3,(H2,19,20,21). The number of nitrogens with zero attached hydrogens (tertiary/aromatic N) is 2. The van der Waals surface area contributed by atoms with E-state index >= 15 is 0 Å². The van der Waals surface area contributed by atoms with Crippen molar-refractivity contribution in [3.05, 3.63) is 29.8 Å². The van der Waals surface area contributed by atoms with Crippen molar-refractivity contribution in [2.75, 3.05) is 36.5 Å². The molecule has 2 rings (SSSR count). The van der Waals surface area contributed by atoms with Gasteiger partial charge in [0, 0.05) is 38.0 Å². The van der Waals surface area contributed by atoms with E-state index in [2.05, 4.69) is 15.6 Å². The first-order chi connectivity index (χ1) is 12.4. The van der Waals surface area contributed by atoms with Crippen LogP contribution in [0.2, 0.25) is 0 Å². The number of rotatable bonds is 8. The molecular formula is C18H28N4O3S. The molecule has 1 aliphatic rings. The van der Waals surface area contributed by atoms with Gasteiger partial charge in [0.2, 0.25) is 5.91 Å². The number of carbonyl (C=O) groups excluding carboxylic acids is 1. The van der Waals surface area contributed by atoms with Crippen LogP contribution in [0.4, 0.5) is 5.69 Å². The topological polar surface area (TPSA) is 90.9 Å². The molecule has 1 heterocycles. The van der Waals surface area contributed by atoms with Gasteiger partial charge in [0.1, 0.15) is 9.84 Å². The van der Waals surface area contributed by atoms with Crippen LogP contribution in [0, 0.1) is 0 Å². The minimum absolute atomic E-state index is 0.163. The summed E-state index contributed by atoms with van der Waals surface area (Å²) in [6.45, 7) is 4.56. The summed E-state index contributed by atoms with van der Waals surface area (Å²) in [5, 5.41) is 6.30. The minimum atomic E-state index is -2.93. The molecule has 144 valence electrons. The second-order valence-corrected chi connectivity index (χ2v) is 8.68. The van der Waals surface area contributed by atoms with E-state index in [1.807, 2.05) is 36.1 Å². The van der Waals surface area contributed by atoms with E-state index in [-0.39, 0.29) is 11.7 Å². The highest BCUT2D eigenvalue weighted by Crippen LogP contribution is 2.21. The third kappa shape index (κ3) is 6.67. The Labute approximate surface area is 155 Å². The number of guanidine groups is 1. The average molecular weight is 381 g/mol. The first-order valence-electron chi connectivity index (χ1n) is 8.98. The van der Waals surface area contributed by atoms with Gasteiger partial charge in [0.05, 0.1) is 12.3 Å². The van der Waals surface area contributed by atoms with Gasteiger partial charge in [0.25, 0.3) is 0 Å². The predicted octanol–water partition coefficient (Wildman–Crippen LogP) is 1.30. The molecule has 0 unspecified atom stereocenters. The van der Waals surface area contributed by atoms with Crippen LogP contribution in [0.5, 0.6) is 0 Å². The molecule has 0 saturated carbocycles. The Balaban J connectivity index is 1.88. The summed E-state index contributed by atoms with van der Waals surface area (Å²) < 4.78 is 22.3. The molecule has 1 aliphatic heterocycles. The number of nitrogens with one attached hydrogen (secondary N) is 2. The average Bonchev–Trinajstić information content (AvgIpc) is 3.02. The maximum atomic E-state index is 11.8. The summed E-state index contributed by atoms with van der Waals surface area (Å²) in [6, 6.07) is 7.89. The fourth-order valence-corrected chi connectivity index (χ4v) is 3.42. The summed E-state index contributed by atoms with van der Waals surface area (Å²) >= 11 is 0. The van der Waals surface area contributed by atoms with Crippen LogP contribution in [-0.4, -0.2) is 51.9 Å². The lowest BCUT2D eigenvalue weighted by Crippen LogP contribution is -2.38. The van der Waals surface area contributed by atoms with Crippen molar-refractivity contribution >= 4 is 27.4 Å². The van der Waals surface area contributed by atoms with Crippen molar-refractivity contribution in [2.24, 2.45) is 4.99 Å². The maximum absolute atomic E-state index is 11.8. The van der Waals surface area contributed by atoms with Crippen LogP contribution in [0.25, 0.3) is 0 Å². The highest BCUT2D eigenvalue weighted by atomic mass is 32.2. The molecule has 0 spiro atoms. The number of benzene rings is 1. The van der Waals surface area contributed by atoms with Gasteiger partial charge in [-0.05, 0) is 37.5 Å². The number of carbonyl (C=O) groups is 1. The van der Waals surface area contributed by atoms with E-state index in [0.717, 1.165) is 30.8 Å². The Morgan fingerprint density at radius 1 is 1.23 bits per heavy atom. The molecule has 0 bridgehead atoms. The number of amides is 1. The van der Waals surface area contributed by atoms with Gasteiger partial charge in [-0.15, -0.1) is 0 Å². The maximum Gasteiger partial charge on any atom is 0.227 e. The molecule has 0 atom stereocenters. The molecule has 0 aromatic heterocycles. The van der Waals surface area contributed by atoms with Gasteiger partial charge in [-0.2, -0.15) is 0 Å². The van der Waals surface area contributed by atoms with Crippen molar-refractivity contribution in [1.29, 1.82) is 0 Å². The lowest BCUT2D eigenvalue weighted by molar-refractivity contribution is -0.117. The van der Waals surface area contributed by atoms with Gasteiger partial charge < -0.3 is 15.5 Å². The van der Waals surface area contributed by atoms with E-state index in [1.165, 1.54) is 6.26 Å². The minimum Gasteiger partial charge on any atom is -0.357 e. The van der Waals surface area contributed by atoms with Crippen molar-refractivity contribution < 1.29 is 13.2 Å². The van der Waals surface area contributed by atoms with Crippen LogP contribution in [0.1, 0.15) is 31.7 Å². The summed E-state index contributed by atoms with van der Waals surface area (Å²) in [4.78, 5) is 18.1. The Bertz CT molecular complexity index is 729. The third-order valence-electron chi connectivity index (χ3n) is 4.07. The second-order valence-electron chi connectivity index (χ2n) is 6.42. The van der Waals surface area contributed by atoms with Gasteiger partial charge in [-0.1, -0.05) is 12.1 Å². The number of anilines is 1. The van der Waals surface area contributed by atoms with Gasteiger partial charge >= 0.3 is 0 Å². The molecule has 26 heavy (non-hydrogen) atoms. The molecule has 1 aromatic carbocycles. The number of hydrogen-bond acceptors (Lipinski definition) is 4. The first-order valence-corrected chi connectivity index (χ1v) is 11.0. The predicted molar refractivity (Wildman–Crippen MR) is 105 cm³/mol. The lowest BCUT2D eigenvalue weighted by Gasteiger charge is -2.16. The summed E-state index contributed by atoms with van der Waals surface area (Å²) in [5.74, 6) is 1.01. The zero-order valence-corrected chi connectivity index (χ0v) is 16.3. The number of sulfone groups is 1. The highest BCUT2D eigenvalue weighted by Gasteiger charge is 2.21. The Hall–Kier alpha value is -2.09. The number of hydrogen-bond donors (Lipinski definition) is 2. The first kappa shape index (κ1) is 20.2. The van der Waals surface area contributed by atoms with Gasteiger partial charge in [-0.25, -0.2) is 13.4 Å². The van der Waals surface area contributed by atoms with Crippen molar-refractivity contribution in [3.8, 4) is 0 Å². The van der Waals surface area contributed by atoms with Crippen LogP contribution < -0.4 is 15.5 Å². The molecule has 1 fully saturated rings. The fourth-order valence-electron chi connectivity index (χ4n) is 2.76. The zero-order chi connectivity index (χ0) is 19.0. The van der Waals surface area contributed by atoms with Crippen LogP contribution in [-0.2, 0) is 21.2 Å². The Morgan fingerprint density at radius 2 is 1.96 bits per heavy atom. The van der Waals surface area contributed by atoms with E-state index in [4.69, 9.17) is 0 Å². The normalized spacial score (nSPS) is 15.4. The highest BCUT2D eigenvalue weighted by molar-refractivity contribution is 7.90. The van der Waals surface area contributed by atoms with E-state index in [9.17, 15) is 13.2 Å². The van der Waals surface area contributed by atoms with Gasteiger partial charge in [-0.3, -0.25) is 4.79 Å². The largest absolute Gasteiger partial charge is 0.357 e. The van der Waals surface area contributed by atoms with Crippen molar-refractivity contribution in [3.63, 3.8) is 0 Å².